The quantitative estimate of drug-likeness (QED) is 0.338. The Morgan fingerprint density at radius 2 is 1.92 bits per heavy atom. The molecule has 5 rings (SSSR count). The molecule has 1 aliphatic rings. The topological polar surface area (TPSA) is 143 Å². The van der Waals surface area contributed by atoms with Crippen LogP contribution in [0, 0.1) is 5.92 Å². The van der Waals surface area contributed by atoms with Crippen LogP contribution in [0.5, 0.6) is 0 Å². The Morgan fingerprint density at radius 1 is 1.18 bits per heavy atom. The molecule has 0 radical (unpaired) electrons. The fourth-order valence-electron chi connectivity index (χ4n) is 4.72. The van der Waals surface area contributed by atoms with E-state index in [1.54, 1.807) is 24.3 Å². The van der Waals surface area contributed by atoms with Gasteiger partial charge in [0.05, 0.1) is 17.9 Å². The van der Waals surface area contributed by atoms with Crippen LogP contribution in [-0.4, -0.2) is 70.6 Å². The first-order chi connectivity index (χ1) is 18.7. The van der Waals surface area contributed by atoms with Gasteiger partial charge in [-0.3, -0.25) is 4.79 Å². The van der Waals surface area contributed by atoms with Crippen LogP contribution in [0.15, 0.2) is 53.4 Å². The molecule has 1 fully saturated rings. The molecule has 11 nitrogen and oxygen atoms in total. The zero-order valence-electron chi connectivity index (χ0n) is 20.5. The summed E-state index contributed by atoms with van der Waals surface area (Å²) in [5, 5.41) is 27.4. The molecule has 4 aromatic rings. The summed E-state index contributed by atoms with van der Waals surface area (Å²) in [5.74, 6) is -1.33. The molecule has 1 saturated heterocycles. The molecule has 2 atom stereocenters. The third-order valence-electron chi connectivity index (χ3n) is 6.49. The number of benzene rings is 1. The van der Waals surface area contributed by atoms with E-state index < -0.39 is 29.5 Å². The van der Waals surface area contributed by atoms with Gasteiger partial charge in [0, 0.05) is 37.5 Å². The summed E-state index contributed by atoms with van der Waals surface area (Å²) >= 11 is 0. The monoisotopic (exact) mass is 543 g/mol. The highest BCUT2D eigenvalue weighted by molar-refractivity contribution is 5.67. The van der Waals surface area contributed by atoms with E-state index in [0.717, 1.165) is 25.6 Å². The molecule has 204 valence electrons. The van der Waals surface area contributed by atoms with Gasteiger partial charge in [-0.1, -0.05) is 29.4 Å². The highest BCUT2D eigenvalue weighted by Crippen LogP contribution is 2.38. The second kappa shape index (κ2) is 10.9. The third-order valence-corrected chi connectivity index (χ3v) is 6.49. The molecular weight excluding hydrogens is 519 g/mol. The highest BCUT2D eigenvalue weighted by atomic mass is 19.4. The van der Waals surface area contributed by atoms with Crippen molar-refractivity contribution in [1.29, 1.82) is 0 Å². The van der Waals surface area contributed by atoms with E-state index in [-0.39, 0.29) is 30.0 Å². The standard InChI is InChI=1S/C25H24F3N7O4/c26-25(27,28)21-18(12-31-35(21)24-29-8-2-9-30-24)23-32-22(33-39-23)17-6-4-16(5-7-17)19(36)14-34-10-1-3-15(13-34)11-20(37)38/h2,4-9,12,15,19,36H,1,3,10-11,13-14H2,(H,37,38). The predicted octanol–water partition coefficient (Wildman–Crippen LogP) is 3.62. The number of carboxylic acid groups (broad SMARTS) is 1. The number of aliphatic carboxylic acids is 1. The summed E-state index contributed by atoms with van der Waals surface area (Å²) in [4.78, 5) is 24.9. The number of aliphatic hydroxyl groups excluding tert-OH is 1. The van der Waals surface area contributed by atoms with E-state index in [2.05, 4.69) is 30.1 Å². The van der Waals surface area contributed by atoms with Crippen molar-refractivity contribution in [3.05, 3.63) is 60.2 Å². The number of aromatic nitrogens is 6. The number of alkyl halides is 3. The zero-order chi connectivity index (χ0) is 27.6. The zero-order valence-corrected chi connectivity index (χ0v) is 20.5. The van der Waals surface area contributed by atoms with Gasteiger partial charge in [0.25, 0.3) is 11.8 Å². The summed E-state index contributed by atoms with van der Waals surface area (Å²) in [6.07, 6.45) is -0.196. The van der Waals surface area contributed by atoms with Crippen molar-refractivity contribution in [1.82, 2.24) is 34.8 Å². The van der Waals surface area contributed by atoms with Crippen LogP contribution < -0.4 is 0 Å². The number of likely N-dealkylation sites (tertiary alicyclic amines) is 1. The van der Waals surface area contributed by atoms with Crippen molar-refractivity contribution in [2.75, 3.05) is 19.6 Å². The summed E-state index contributed by atoms with van der Waals surface area (Å²) in [6.45, 7) is 1.75. The molecule has 14 heteroatoms. The molecule has 39 heavy (non-hydrogen) atoms. The molecule has 0 aliphatic carbocycles. The molecule has 1 aromatic carbocycles. The second-order valence-corrected chi connectivity index (χ2v) is 9.29. The van der Waals surface area contributed by atoms with E-state index in [9.17, 15) is 23.1 Å². The fraction of sp³-hybridized carbons (Fsp3) is 0.360. The van der Waals surface area contributed by atoms with E-state index in [4.69, 9.17) is 9.63 Å². The lowest BCUT2D eigenvalue weighted by molar-refractivity contribution is -0.142. The van der Waals surface area contributed by atoms with Crippen LogP contribution >= 0.6 is 0 Å². The molecule has 3 aromatic heterocycles. The third kappa shape index (κ3) is 5.96. The van der Waals surface area contributed by atoms with Crippen molar-refractivity contribution in [3.63, 3.8) is 0 Å². The Kier molecular flexibility index (Phi) is 7.39. The van der Waals surface area contributed by atoms with Gasteiger partial charge in [-0.2, -0.15) is 27.9 Å². The summed E-state index contributed by atoms with van der Waals surface area (Å²) in [7, 11) is 0. The maximum absolute atomic E-state index is 13.9. The first-order valence-electron chi connectivity index (χ1n) is 12.2. The number of piperidine rings is 1. The second-order valence-electron chi connectivity index (χ2n) is 9.29. The lowest BCUT2D eigenvalue weighted by atomic mass is 9.94. The minimum atomic E-state index is -4.81. The molecule has 4 heterocycles. The minimum Gasteiger partial charge on any atom is -0.481 e. The largest absolute Gasteiger partial charge is 0.481 e. The maximum atomic E-state index is 13.9. The summed E-state index contributed by atoms with van der Waals surface area (Å²) in [6, 6.07) is 8.12. The molecule has 1 aliphatic heterocycles. The number of carbonyl (C=O) groups is 1. The Hall–Kier alpha value is -4.17. The van der Waals surface area contributed by atoms with E-state index in [0.29, 0.717) is 28.9 Å². The van der Waals surface area contributed by atoms with Crippen molar-refractivity contribution in [2.45, 2.75) is 31.5 Å². The van der Waals surface area contributed by atoms with Crippen LogP contribution in [-0.2, 0) is 11.0 Å². The van der Waals surface area contributed by atoms with Gasteiger partial charge < -0.3 is 19.6 Å². The smallest absolute Gasteiger partial charge is 0.434 e. The average molecular weight is 544 g/mol. The molecule has 0 spiro atoms. The Bertz CT molecular complexity index is 1420. The van der Waals surface area contributed by atoms with E-state index in [1.165, 1.54) is 18.5 Å². The van der Waals surface area contributed by atoms with Crippen molar-refractivity contribution in [2.24, 2.45) is 5.92 Å². The number of rotatable bonds is 8. The van der Waals surface area contributed by atoms with Gasteiger partial charge >= 0.3 is 12.1 Å². The van der Waals surface area contributed by atoms with Gasteiger partial charge in [-0.15, -0.1) is 0 Å². The predicted molar refractivity (Wildman–Crippen MR) is 129 cm³/mol. The molecule has 2 unspecified atom stereocenters. The number of hydrogen-bond donors (Lipinski definition) is 2. The van der Waals surface area contributed by atoms with Crippen LogP contribution in [0.2, 0.25) is 0 Å². The van der Waals surface area contributed by atoms with Crippen molar-refractivity contribution >= 4 is 5.97 Å². The number of halogens is 3. The Balaban J connectivity index is 1.31. The number of aliphatic hydroxyl groups is 1. The molecule has 0 saturated carbocycles. The van der Waals surface area contributed by atoms with Gasteiger partial charge in [0.15, 0.2) is 5.69 Å². The first kappa shape index (κ1) is 26.4. The molecule has 2 N–H and O–H groups in total. The minimum absolute atomic E-state index is 0.0587. The molecule has 0 bridgehead atoms. The van der Waals surface area contributed by atoms with Crippen LogP contribution in [0.25, 0.3) is 28.8 Å². The fourth-order valence-corrected chi connectivity index (χ4v) is 4.72. The van der Waals surface area contributed by atoms with Crippen molar-refractivity contribution in [3.8, 4) is 28.8 Å². The van der Waals surface area contributed by atoms with E-state index in [1.807, 2.05) is 0 Å². The molecular formula is C25H24F3N7O4. The number of nitrogens with zero attached hydrogens (tertiary/aromatic N) is 7. The number of hydrogen-bond acceptors (Lipinski definition) is 9. The SMILES string of the molecule is O=C(O)CC1CCCN(CC(O)c2ccc(-c3noc(-c4cnn(-c5ncccn5)c4C(F)(F)F)n3)cc2)C1. The van der Waals surface area contributed by atoms with Crippen LogP contribution in [0.3, 0.4) is 0 Å². The maximum Gasteiger partial charge on any atom is 0.434 e. The lowest BCUT2D eigenvalue weighted by Gasteiger charge is -2.33. The van der Waals surface area contributed by atoms with Gasteiger partial charge in [0.2, 0.25) is 5.82 Å². The Morgan fingerprint density at radius 3 is 2.62 bits per heavy atom. The summed E-state index contributed by atoms with van der Waals surface area (Å²) < 4.78 is 47.6. The Labute approximate surface area is 219 Å². The van der Waals surface area contributed by atoms with Gasteiger partial charge in [0.1, 0.15) is 0 Å². The average Bonchev–Trinajstić information content (AvgIpc) is 3.57. The lowest BCUT2D eigenvalue weighted by Crippen LogP contribution is -2.38. The van der Waals surface area contributed by atoms with E-state index >= 15 is 0 Å². The first-order valence-corrected chi connectivity index (χ1v) is 12.2. The highest BCUT2D eigenvalue weighted by Gasteiger charge is 2.41. The number of carboxylic acids is 1. The normalized spacial score (nSPS) is 17.3. The molecule has 0 amide bonds. The van der Waals surface area contributed by atoms with Crippen molar-refractivity contribution < 1.29 is 32.7 Å². The van der Waals surface area contributed by atoms with Crippen LogP contribution in [0.1, 0.15) is 36.6 Å². The van der Waals surface area contributed by atoms with Gasteiger partial charge in [-0.05, 0) is 36.9 Å². The number of β-amino-alcohol motifs (C(OH)–C–C–N with tert-alkyl or cyclic N) is 1. The van der Waals surface area contributed by atoms with Gasteiger partial charge in [-0.25, -0.2) is 9.97 Å². The van der Waals surface area contributed by atoms with Crippen LogP contribution in [0.4, 0.5) is 13.2 Å². The summed E-state index contributed by atoms with van der Waals surface area (Å²) in [5.41, 5.74) is -0.451.